The standard InChI is InChI=1S/C13H14N6O/c1-8-16-11(19-20-8)6-7-15-13-12(14)17-9-4-2-3-5-10(9)18-13/h2-5H,6-7H2,1H3,(H2,14,17)(H,15,18). The maximum absolute atomic E-state index is 5.88. The Morgan fingerprint density at radius 2 is 1.90 bits per heavy atom. The van der Waals surface area contributed by atoms with E-state index in [-0.39, 0.29) is 0 Å². The second-order valence-corrected chi connectivity index (χ2v) is 4.35. The van der Waals surface area contributed by atoms with E-state index in [1.165, 1.54) is 0 Å². The number of hydrogen-bond donors (Lipinski definition) is 2. The molecule has 1 aromatic carbocycles. The van der Waals surface area contributed by atoms with E-state index in [4.69, 9.17) is 10.3 Å². The summed E-state index contributed by atoms with van der Waals surface area (Å²) in [5.74, 6) is 2.17. The molecule has 0 aliphatic heterocycles. The van der Waals surface area contributed by atoms with Crippen molar-refractivity contribution < 1.29 is 4.52 Å². The Labute approximate surface area is 115 Å². The summed E-state index contributed by atoms with van der Waals surface area (Å²) in [6.45, 7) is 2.37. The van der Waals surface area contributed by atoms with E-state index >= 15 is 0 Å². The van der Waals surface area contributed by atoms with E-state index in [1.54, 1.807) is 6.92 Å². The van der Waals surface area contributed by atoms with E-state index in [0.717, 1.165) is 11.0 Å². The molecule has 7 heteroatoms. The highest BCUT2D eigenvalue weighted by Crippen LogP contribution is 2.18. The van der Waals surface area contributed by atoms with Crippen LogP contribution in [-0.4, -0.2) is 26.7 Å². The molecule has 0 aliphatic carbocycles. The van der Waals surface area contributed by atoms with Crippen molar-refractivity contribution in [1.29, 1.82) is 0 Å². The molecule has 0 aliphatic rings. The third-order valence-corrected chi connectivity index (χ3v) is 2.81. The predicted octanol–water partition coefficient (Wildman–Crippen LogP) is 1.56. The summed E-state index contributed by atoms with van der Waals surface area (Å²) in [6.07, 6.45) is 0.630. The van der Waals surface area contributed by atoms with Crippen LogP contribution < -0.4 is 11.1 Å². The number of para-hydroxylation sites is 2. The van der Waals surface area contributed by atoms with Crippen LogP contribution in [0.25, 0.3) is 11.0 Å². The van der Waals surface area contributed by atoms with Gasteiger partial charge in [0.05, 0.1) is 11.0 Å². The summed E-state index contributed by atoms with van der Waals surface area (Å²) in [5.41, 5.74) is 7.47. The van der Waals surface area contributed by atoms with Crippen LogP contribution in [0, 0.1) is 6.92 Å². The number of nitrogen functional groups attached to an aromatic ring is 1. The van der Waals surface area contributed by atoms with Crippen LogP contribution in [0.5, 0.6) is 0 Å². The minimum absolute atomic E-state index is 0.382. The van der Waals surface area contributed by atoms with Crippen molar-refractivity contribution in [3.8, 4) is 0 Å². The van der Waals surface area contributed by atoms with E-state index in [0.29, 0.717) is 36.3 Å². The first-order chi connectivity index (χ1) is 9.72. The van der Waals surface area contributed by atoms with Crippen molar-refractivity contribution in [3.05, 3.63) is 36.0 Å². The van der Waals surface area contributed by atoms with E-state index in [9.17, 15) is 0 Å². The first kappa shape index (κ1) is 12.3. The number of nitrogens with two attached hydrogens (primary N) is 1. The van der Waals surface area contributed by atoms with Crippen LogP contribution >= 0.6 is 0 Å². The molecular weight excluding hydrogens is 256 g/mol. The van der Waals surface area contributed by atoms with Crippen LogP contribution in [0.15, 0.2) is 28.8 Å². The Balaban J connectivity index is 1.72. The number of fused-ring (bicyclic) bond motifs is 1. The molecule has 0 unspecified atom stereocenters. The van der Waals surface area contributed by atoms with Gasteiger partial charge < -0.3 is 15.6 Å². The highest BCUT2D eigenvalue weighted by Gasteiger charge is 2.06. The molecule has 0 atom stereocenters. The molecule has 0 saturated carbocycles. The fraction of sp³-hybridized carbons (Fsp3) is 0.231. The molecule has 0 amide bonds. The molecule has 0 bridgehead atoms. The fourth-order valence-electron chi connectivity index (χ4n) is 1.88. The summed E-state index contributed by atoms with van der Waals surface area (Å²) in [4.78, 5) is 12.9. The summed E-state index contributed by atoms with van der Waals surface area (Å²) >= 11 is 0. The molecule has 0 fully saturated rings. The van der Waals surface area contributed by atoms with Gasteiger partial charge in [-0.15, -0.1) is 0 Å². The van der Waals surface area contributed by atoms with Gasteiger partial charge in [-0.3, -0.25) is 0 Å². The molecule has 0 spiro atoms. The van der Waals surface area contributed by atoms with Gasteiger partial charge >= 0.3 is 0 Å². The van der Waals surface area contributed by atoms with E-state index in [2.05, 4.69) is 25.4 Å². The van der Waals surface area contributed by atoms with Crippen molar-refractivity contribution in [2.45, 2.75) is 13.3 Å². The fourth-order valence-corrected chi connectivity index (χ4v) is 1.88. The van der Waals surface area contributed by atoms with E-state index < -0.39 is 0 Å². The summed E-state index contributed by atoms with van der Waals surface area (Å²) in [5, 5.41) is 6.97. The second kappa shape index (κ2) is 5.12. The van der Waals surface area contributed by atoms with Crippen LogP contribution in [0.3, 0.4) is 0 Å². The van der Waals surface area contributed by atoms with Crippen LogP contribution in [-0.2, 0) is 6.42 Å². The lowest BCUT2D eigenvalue weighted by Crippen LogP contribution is -2.10. The lowest BCUT2D eigenvalue weighted by Gasteiger charge is -2.07. The van der Waals surface area contributed by atoms with Gasteiger partial charge in [0.25, 0.3) is 0 Å². The van der Waals surface area contributed by atoms with Gasteiger partial charge in [0.1, 0.15) is 0 Å². The maximum Gasteiger partial charge on any atom is 0.223 e. The van der Waals surface area contributed by atoms with Gasteiger partial charge in [0.15, 0.2) is 17.5 Å². The minimum Gasteiger partial charge on any atom is -0.381 e. The largest absolute Gasteiger partial charge is 0.381 e. The quantitative estimate of drug-likeness (QED) is 0.741. The molecule has 102 valence electrons. The number of nitrogens with one attached hydrogen (secondary N) is 1. The van der Waals surface area contributed by atoms with Crippen LogP contribution in [0.4, 0.5) is 11.6 Å². The second-order valence-electron chi connectivity index (χ2n) is 4.35. The number of rotatable bonds is 4. The van der Waals surface area contributed by atoms with Crippen molar-refractivity contribution in [1.82, 2.24) is 20.1 Å². The third kappa shape index (κ3) is 2.51. The van der Waals surface area contributed by atoms with Gasteiger partial charge in [0.2, 0.25) is 5.89 Å². The molecule has 2 heterocycles. The van der Waals surface area contributed by atoms with Gasteiger partial charge in [0, 0.05) is 19.9 Å². The normalized spacial score (nSPS) is 10.8. The Bertz CT molecular complexity index is 739. The number of anilines is 2. The zero-order chi connectivity index (χ0) is 13.9. The van der Waals surface area contributed by atoms with E-state index in [1.807, 2.05) is 24.3 Å². The number of benzene rings is 1. The zero-order valence-electron chi connectivity index (χ0n) is 11.0. The number of aryl methyl sites for hydroxylation is 1. The lowest BCUT2D eigenvalue weighted by molar-refractivity contribution is 0.387. The summed E-state index contributed by atoms with van der Waals surface area (Å²) in [7, 11) is 0. The van der Waals surface area contributed by atoms with Crippen LogP contribution in [0.1, 0.15) is 11.7 Å². The number of hydrogen-bond acceptors (Lipinski definition) is 7. The molecule has 3 N–H and O–H groups in total. The first-order valence-electron chi connectivity index (χ1n) is 6.28. The van der Waals surface area contributed by atoms with Crippen LogP contribution in [0.2, 0.25) is 0 Å². The predicted molar refractivity (Wildman–Crippen MR) is 75.2 cm³/mol. The molecule has 20 heavy (non-hydrogen) atoms. The Morgan fingerprint density at radius 1 is 1.15 bits per heavy atom. The van der Waals surface area contributed by atoms with Crippen molar-refractivity contribution in [2.75, 3.05) is 17.6 Å². The van der Waals surface area contributed by atoms with Crippen molar-refractivity contribution in [3.63, 3.8) is 0 Å². The van der Waals surface area contributed by atoms with Crippen molar-refractivity contribution >= 4 is 22.7 Å². The molecule has 3 aromatic rings. The monoisotopic (exact) mass is 270 g/mol. The Hall–Kier alpha value is -2.70. The van der Waals surface area contributed by atoms with Gasteiger partial charge in [-0.25, -0.2) is 9.97 Å². The topological polar surface area (TPSA) is 103 Å². The molecule has 2 aromatic heterocycles. The highest BCUT2D eigenvalue weighted by molar-refractivity contribution is 5.79. The number of aromatic nitrogens is 4. The lowest BCUT2D eigenvalue weighted by atomic mass is 10.3. The molecule has 0 radical (unpaired) electrons. The Kier molecular flexibility index (Phi) is 3.16. The molecule has 3 rings (SSSR count). The third-order valence-electron chi connectivity index (χ3n) is 2.81. The SMILES string of the molecule is Cc1nc(CCNc2nc3ccccc3nc2N)no1. The average molecular weight is 270 g/mol. The molecule has 0 saturated heterocycles. The summed E-state index contributed by atoms with van der Waals surface area (Å²) < 4.78 is 4.91. The van der Waals surface area contributed by atoms with Gasteiger partial charge in [-0.2, -0.15) is 4.98 Å². The first-order valence-corrected chi connectivity index (χ1v) is 6.28. The summed E-state index contributed by atoms with van der Waals surface area (Å²) in [6, 6.07) is 7.60. The molecular formula is C13H14N6O. The highest BCUT2D eigenvalue weighted by atomic mass is 16.5. The maximum atomic E-state index is 5.88. The van der Waals surface area contributed by atoms with Gasteiger partial charge in [-0.05, 0) is 12.1 Å². The number of nitrogens with zero attached hydrogens (tertiary/aromatic N) is 4. The van der Waals surface area contributed by atoms with Gasteiger partial charge in [-0.1, -0.05) is 17.3 Å². The zero-order valence-corrected chi connectivity index (χ0v) is 11.0. The Morgan fingerprint density at radius 3 is 2.60 bits per heavy atom. The molecule has 7 nitrogen and oxygen atoms in total. The smallest absolute Gasteiger partial charge is 0.223 e. The average Bonchev–Trinajstić information content (AvgIpc) is 2.85. The minimum atomic E-state index is 0.382. The van der Waals surface area contributed by atoms with Crippen molar-refractivity contribution in [2.24, 2.45) is 0 Å².